The van der Waals surface area contributed by atoms with Crippen LogP contribution >= 0.6 is 6.49 Å². The Kier molecular flexibility index (Phi) is 4.51. The number of amides is 4. The zero-order chi connectivity index (χ0) is 15.6. The highest BCUT2D eigenvalue weighted by atomic mass is 32.4. The van der Waals surface area contributed by atoms with Gasteiger partial charge >= 0.3 is 0 Å². The van der Waals surface area contributed by atoms with Crippen molar-refractivity contribution < 1.29 is 19.2 Å². The van der Waals surface area contributed by atoms with Gasteiger partial charge < -0.3 is 0 Å². The van der Waals surface area contributed by atoms with Crippen LogP contribution in [-0.4, -0.2) is 39.5 Å². The summed E-state index contributed by atoms with van der Waals surface area (Å²) in [6, 6.07) is 0. The summed E-state index contributed by atoms with van der Waals surface area (Å²) >= 11 is 5.43. The van der Waals surface area contributed by atoms with Gasteiger partial charge in [0.25, 0.3) is 23.6 Å². The smallest absolute Gasteiger partial charge is 0.259 e. The van der Waals surface area contributed by atoms with Crippen molar-refractivity contribution in [2.75, 3.05) is 6.54 Å². The minimum Gasteiger partial charge on any atom is -0.269 e. The molecule has 0 aromatic rings. The molecule has 112 valence electrons. The Morgan fingerprint density at radius 1 is 0.952 bits per heavy atom. The lowest BCUT2D eigenvalue weighted by Crippen LogP contribution is -2.44. The average Bonchev–Trinajstić information content (AvgIpc) is 2.93. The molecular weight excluding hydrogens is 313 g/mol. The van der Waals surface area contributed by atoms with Crippen molar-refractivity contribution >= 4 is 41.9 Å². The van der Waals surface area contributed by atoms with E-state index in [1.54, 1.807) is 0 Å². The van der Waals surface area contributed by atoms with Crippen LogP contribution in [0.1, 0.15) is 19.8 Å². The van der Waals surface area contributed by atoms with Gasteiger partial charge in [0.15, 0.2) is 0 Å². The summed E-state index contributed by atoms with van der Waals surface area (Å²) in [5, 5.41) is 2.92. The monoisotopic (exact) mass is 327 g/mol. The minimum atomic E-state index is -3.34. The summed E-state index contributed by atoms with van der Waals surface area (Å²) in [4.78, 5) is 47.6. The van der Waals surface area contributed by atoms with E-state index in [0.29, 0.717) is 6.54 Å². The van der Waals surface area contributed by atoms with E-state index in [2.05, 4.69) is 5.09 Å². The zero-order valence-corrected chi connectivity index (χ0v) is 13.0. The SMILES string of the molecule is CCCCNP(=S)(N1C(=O)C=CC1=O)N1C(=O)C=CC1=O. The Labute approximate surface area is 126 Å². The maximum atomic E-state index is 11.9. The first-order chi connectivity index (χ1) is 9.91. The normalized spacial score (nSPS) is 18.5. The quantitative estimate of drug-likeness (QED) is 0.433. The van der Waals surface area contributed by atoms with Crippen LogP contribution in [0.25, 0.3) is 0 Å². The second kappa shape index (κ2) is 6.01. The van der Waals surface area contributed by atoms with E-state index in [-0.39, 0.29) is 0 Å². The lowest BCUT2D eigenvalue weighted by molar-refractivity contribution is -0.132. The largest absolute Gasteiger partial charge is 0.269 e. The van der Waals surface area contributed by atoms with Crippen LogP contribution in [0, 0.1) is 0 Å². The first-order valence-corrected chi connectivity index (χ1v) is 9.11. The third-order valence-corrected chi connectivity index (χ3v) is 6.84. The van der Waals surface area contributed by atoms with Crippen LogP contribution in [0.2, 0.25) is 0 Å². The van der Waals surface area contributed by atoms with Gasteiger partial charge in [-0.25, -0.2) is 9.34 Å². The summed E-state index contributed by atoms with van der Waals surface area (Å²) in [6.07, 6.45) is 5.95. The molecule has 0 fully saturated rings. The number of unbranched alkanes of at least 4 members (excludes halogenated alkanes) is 1. The Hall–Kier alpha value is -1.63. The van der Waals surface area contributed by atoms with Crippen molar-refractivity contribution in [1.29, 1.82) is 0 Å². The summed E-state index contributed by atoms with van der Waals surface area (Å²) in [7, 11) is 0. The molecule has 0 aromatic heterocycles. The summed E-state index contributed by atoms with van der Waals surface area (Å²) in [5.41, 5.74) is 0. The number of carbonyl (C=O) groups excluding carboxylic acids is 4. The van der Waals surface area contributed by atoms with Gasteiger partial charge in [0.1, 0.15) is 0 Å². The van der Waals surface area contributed by atoms with Crippen LogP contribution in [-0.2, 0) is 31.0 Å². The number of rotatable bonds is 6. The lowest BCUT2D eigenvalue weighted by atomic mass is 10.3. The van der Waals surface area contributed by atoms with Crippen molar-refractivity contribution in [3.8, 4) is 0 Å². The molecule has 0 saturated carbocycles. The number of nitrogens with zero attached hydrogens (tertiary/aromatic N) is 2. The van der Waals surface area contributed by atoms with Gasteiger partial charge in [-0.3, -0.25) is 24.3 Å². The fraction of sp³-hybridized carbons (Fsp3) is 0.333. The van der Waals surface area contributed by atoms with E-state index >= 15 is 0 Å². The molecule has 0 radical (unpaired) electrons. The first kappa shape index (κ1) is 15.8. The molecule has 4 amide bonds. The van der Waals surface area contributed by atoms with Gasteiger partial charge in [-0.05, 0) is 18.2 Å². The van der Waals surface area contributed by atoms with Gasteiger partial charge in [-0.2, -0.15) is 0 Å². The average molecular weight is 327 g/mol. The highest BCUT2D eigenvalue weighted by Crippen LogP contribution is 2.52. The van der Waals surface area contributed by atoms with Crippen LogP contribution in [0.5, 0.6) is 0 Å². The van der Waals surface area contributed by atoms with E-state index < -0.39 is 30.1 Å². The molecule has 1 N–H and O–H groups in total. The molecule has 0 saturated heterocycles. The van der Waals surface area contributed by atoms with Gasteiger partial charge in [-0.15, -0.1) is 0 Å². The summed E-state index contributed by atoms with van der Waals surface area (Å²) < 4.78 is 1.64. The number of carbonyl (C=O) groups is 4. The van der Waals surface area contributed by atoms with E-state index in [9.17, 15) is 19.2 Å². The third kappa shape index (κ3) is 2.74. The molecular formula is C12H14N3O4PS. The molecule has 0 unspecified atom stereocenters. The van der Waals surface area contributed by atoms with Gasteiger partial charge in [-0.1, -0.05) is 13.3 Å². The van der Waals surface area contributed by atoms with Crippen molar-refractivity contribution in [2.24, 2.45) is 0 Å². The molecule has 7 nitrogen and oxygen atoms in total. The Bertz CT molecular complexity index is 546. The summed E-state index contributed by atoms with van der Waals surface area (Å²) in [5.74, 6) is -2.45. The Balaban J connectivity index is 2.38. The number of imide groups is 2. The minimum absolute atomic E-state index is 0.405. The number of nitrogens with one attached hydrogen (secondary N) is 1. The van der Waals surface area contributed by atoms with Crippen molar-refractivity contribution in [3.63, 3.8) is 0 Å². The molecule has 2 rings (SSSR count). The second-order valence-electron chi connectivity index (χ2n) is 4.45. The van der Waals surface area contributed by atoms with Crippen LogP contribution in [0.3, 0.4) is 0 Å². The van der Waals surface area contributed by atoms with Crippen LogP contribution in [0.15, 0.2) is 24.3 Å². The topological polar surface area (TPSA) is 86.8 Å². The third-order valence-electron chi connectivity index (χ3n) is 2.96. The highest BCUT2D eigenvalue weighted by Gasteiger charge is 2.46. The van der Waals surface area contributed by atoms with Gasteiger partial charge in [0.05, 0.1) is 0 Å². The molecule has 0 aromatic carbocycles. The second-order valence-corrected chi connectivity index (χ2v) is 8.18. The fourth-order valence-electron chi connectivity index (χ4n) is 1.95. The maximum Gasteiger partial charge on any atom is 0.259 e. The molecule has 2 aliphatic heterocycles. The Morgan fingerprint density at radius 2 is 1.33 bits per heavy atom. The van der Waals surface area contributed by atoms with Gasteiger partial charge in [0.2, 0.25) is 6.49 Å². The molecule has 0 bridgehead atoms. The van der Waals surface area contributed by atoms with E-state index in [1.165, 1.54) is 0 Å². The lowest BCUT2D eigenvalue weighted by Gasteiger charge is -2.36. The standard InChI is InChI=1S/C12H14N3O4PS/c1-2-3-8-13-20(21,14-9(16)4-5-10(14)17)15-11(18)6-7-12(15)19/h4-7H,2-3,8H2,1H3,(H,13,21). The van der Waals surface area contributed by atoms with E-state index in [1.807, 2.05) is 6.92 Å². The van der Waals surface area contributed by atoms with E-state index in [4.69, 9.17) is 11.8 Å². The van der Waals surface area contributed by atoms with Crippen molar-refractivity contribution in [2.45, 2.75) is 19.8 Å². The number of hydrogen-bond acceptors (Lipinski definition) is 5. The van der Waals surface area contributed by atoms with Crippen LogP contribution in [0.4, 0.5) is 0 Å². The number of hydrogen-bond donors (Lipinski definition) is 1. The molecule has 2 aliphatic rings. The molecule has 9 heteroatoms. The molecule has 0 spiro atoms. The predicted octanol–water partition coefficient (Wildman–Crippen LogP) is 0.451. The highest BCUT2D eigenvalue weighted by molar-refractivity contribution is 8.12. The first-order valence-electron chi connectivity index (χ1n) is 6.40. The Morgan fingerprint density at radius 3 is 1.67 bits per heavy atom. The summed E-state index contributed by atoms with van der Waals surface area (Å²) in [6.45, 7) is -0.972. The molecule has 0 atom stereocenters. The van der Waals surface area contributed by atoms with Crippen molar-refractivity contribution in [3.05, 3.63) is 24.3 Å². The fourth-order valence-corrected chi connectivity index (χ4v) is 5.44. The predicted molar refractivity (Wildman–Crippen MR) is 79.2 cm³/mol. The molecule has 21 heavy (non-hydrogen) atoms. The van der Waals surface area contributed by atoms with Crippen molar-refractivity contribution in [1.82, 2.24) is 14.4 Å². The van der Waals surface area contributed by atoms with E-state index in [0.717, 1.165) is 46.5 Å². The zero-order valence-electron chi connectivity index (χ0n) is 11.3. The molecule has 0 aliphatic carbocycles. The molecule has 2 heterocycles. The van der Waals surface area contributed by atoms with Gasteiger partial charge in [0, 0.05) is 30.8 Å². The van der Waals surface area contributed by atoms with Crippen LogP contribution < -0.4 is 5.09 Å². The maximum absolute atomic E-state index is 11.9.